The van der Waals surface area contributed by atoms with Gasteiger partial charge in [0.25, 0.3) is 5.91 Å². The summed E-state index contributed by atoms with van der Waals surface area (Å²) in [7, 11) is 0. The number of alkyl halides is 3. The molecule has 2 aromatic heterocycles. The SMILES string of the molecule is CC(C)(NC(=O)c1ccc(-c2ccnc(Cl)c2)cn1)C(F)(F)F. The number of hydrogen-bond acceptors (Lipinski definition) is 3. The van der Waals surface area contributed by atoms with E-state index in [2.05, 4.69) is 9.97 Å². The molecular weight excluding hydrogens is 331 g/mol. The monoisotopic (exact) mass is 343 g/mol. The van der Waals surface area contributed by atoms with E-state index in [4.69, 9.17) is 11.6 Å². The number of hydrogen-bond donors (Lipinski definition) is 1. The van der Waals surface area contributed by atoms with Crippen molar-refractivity contribution in [3.05, 3.63) is 47.5 Å². The Balaban J connectivity index is 2.18. The summed E-state index contributed by atoms with van der Waals surface area (Å²) in [6.07, 6.45) is -1.65. The van der Waals surface area contributed by atoms with E-state index in [0.29, 0.717) is 10.7 Å². The molecule has 23 heavy (non-hydrogen) atoms. The standard InChI is InChI=1S/C15H13ClF3N3O/c1-14(2,15(17,18)19)22-13(23)11-4-3-10(8-21-11)9-5-6-20-12(16)7-9/h3-8H,1-2H3,(H,22,23). The van der Waals surface area contributed by atoms with Gasteiger partial charge in [-0.1, -0.05) is 17.7 Å². The van der Waals surface area contributed by atoms with Gasteiger partial charge in [0.2, 0.25) is 0 Å². The van der Waals surface area contributed by atoms with Gasteiger partial charge >= 0.3 is 6.18 Å². The van der Waals surface area contributed by atoms with Crippen LogP contribution < -0.4 is 5.32 Å². The molecule has 2 heterocycles. The molecule has 1 N–H and O–H groups in total. The molecule has 0 fully saturated rings. The highest BCUT2D eigenvalue weighted by Gasteiger charge is 2.48. The molecule has 0 aliphatic heterocycles. The fraction of sp³-hybridized carbons (Fsp3) is 0.267. The van der Waals surface area contributed by atoms with Gasteiger partial charge in [0.05, 0.1) is 0 Å². The second-order valence-corrected chi connectivity index (χ2v) is 5.76. The third kappa shape index (κ3) is 3.98. The number of pyridine rings is 2. The summed E-state index contributed by atoms with van der Waals surface area (Å²) in [6, 6.07) is 6.25. The zero-order valence-electron chi connectivity index (χ0n) is 12.3. The van der Waals surface area contributed by atoms with Gasteiger partial charge in [-0.2, -0.15) is 13.2 Å². The Morgan fingerprint density at radius 2 is 1.83 bits per heavy atom. The summed E-state index contributed by atoms with van der Waals surface area (Å²) in [5, 5.41) is 2.23. The minimum absolute atomic E-state index is 0.105. The highest BCUT2D eigenvalue weighted by Crippen LogP contribution is 2.29. The molecule has 0 saturated heterocycles. The van der Waals surface area contributed by atoms with Crippen molar-refractivity contribution in [1.82, 2.24) is 15.3 Å². The van der Waals surface area contributed by atoms with E-state index in [-0.39, 0.29) is 5.69 Å². The highest BCUT2D eigenvalue weighted by atomic mass is 35.5. The summed E-state index contributed by atoms with van der Waals surface area (Å²) in [6.45, 7) is 1.77. The van der Waals surface area contributed by atoms with E-state index < -0.39 is 17.6 Å². The van der Waals surface area contributed by atoms with Gasteiger partial charge in [-0.25, -0.2) is 4.98 Å². The third-order valence-corrected chi connectivity index (χ3v) is 3.40. The molecule has 0 aliphatic rings. The smallest absolute Gasteiger partial charge is 0.337 e. The lowest BCUT2D eigenvalue weighted by atomic mass is 10.0. The van der Waals surface area contributed by atoms with Crippen LogP contribution in [0.5, 0.6) is 0 Å². The molecule has 2 rings (SSSR count). The summed E-state index contributed by atoms with van der Waals surface area (Å²) in [5.74, 6) is -0.897. The third-order valence-electron chi connectivity index (χ3n) is 3.19. The molecule has 0 spiro atoms. The lowest BCUT2D eigenvalue weighted by Crippen LogP contribution is -2.54. The van der Waals surface area contributed by atoms with Crippen molar-refractivity contribution < 1.29 is 18.0 Å². The Kier molecular flexibility index (Phi) is 4.61. The summed E-state index contributed by atoms with van der Waals surface area (Å²) < 4.78 is 38.3. The second-order valence-electron chi connectivity index (χ2n) is 5.38. The van der Waals surface area contributed by atoms with Gasteiger partial charge in [-0.15, -0.1) is 0 Å². The van der Waals surface area contributed by atoms with E-state index in [1.54, 1.807) is 18.2 Å². The number of carbonyl (C=O) groups is 1. The molecule has 8 heteroatoms. The minimum Gasteiger partial charge on any atom is -0.337 e. The normalized spacial score (nSPS) is 12.1. The van der Waals surface area contributed by atoms with Crippen molar-refractivity contribution in [3.8, 4) is 11.1 Å². The van der Waals surface area contributed by atoms with Gasteiger partial charge in [-0.3, -0.25) is 9.78 Å². The zero-order valence-corrected chi connectivity index (χ0v) is 13.0. The molecule has 122 valence electrons. The molecule has 2 aromatic rings. The Labute approximate surface area is 135 Å². The lowest BCUT2D eigenvalue weighted by Gasteiger charge is -2.28. The number of amides is 1. The molecule has 1 amide bonds. The van der Waals surface area contributed by atoms with Crippen molar-refractivity contribution in [2.75, 3.05) is 0 Å². The van der Waals surface area contributed by atoms with Crippen LogP contribution >= 0.6 is 11.6 Å². The topological polar surface area (TPSA) is 54.9 Å². The van der Waals surface area contributed by atoms with Gasteiger partial charge in [0.1, 0.15) is 16.4 Å². The average Bonchev–Trinajstić information content (AvgIpc) is 2.46. The maximum Gasteiger partial charge on any atom is 0.410 e. The number of halogens is 4. The maximum absolute atomic E-state index is 12.8. The van der Waals surface area contributed by atoms with Crippen molar-refractivity contribution >= 4 is 17.5 Å². The van der Waals surface area contributed by atoms with Crippen LogP contribution in [-0.4, -0.2) is 27.6 Å². The molecule has 0 aliphatic carbocycles. The van der Waals surface area contributed by atoms with E-state index in [0.717, 1.165) is 19.4 Å². The maximum atomic E-state index is 12.8. The van der Waals surface area contributed by atoms with Crippen LogP contribution in [0.2, 0.25) is 5.15 Å². The first-order chi connectivity index (χ1) is 10.6. The number of carbonyl (C=O) groups excluding carboxylic acids is 1. The lowest BCUT2D eigenvalue weighted by molar-refractivity contribution is -0.182. The highest BCUT2D eigenvalue weighted by molar-refractivity contribution is 6.29. The van der Waals surface area contributed by atoms with E-state index >= 15 is 0 Å². The van der Waals surface area contributed by atoms with Crippen LogP contribution in [0.1, 0.15) is 24.3 Å². The first kappa shape index (κ1) is 17.2. The predicted octanol–water partition coefficient (Wildman–Crippen LogP) is 3.87. The number of aromatic nitrogens is 2. The summed E-state index contributed by atoms with van der Waals surface area (Å²) in [4.78, 5) is 19.7. The minimum atomic E-state index is -4.56. The predicted molar refractivity (Wildman–Crippen MR) is 80.1 cm³/mol. The second kappa shape index (κ2) is 6.16. The largest absolute Gasteiger partial charge is 0.410 e. The molecule has 0 radical (unpaired) electrons. The number of nitrogens with one attached hydrogen (secondary N) is 1. The summed E-state index contributed by atoms with van der Waals surface area (Å²) in [5.41, 5.74) is -1.05. The van der Waals surface area contributed by atoms with Gasteiger partial charge in [-0.05, 0) is 37.6 Å². The first-order valence-electron chi connectivity index (χ1n) is 6.57. The molecule has 4 nitrogen and oxygen atoms in total. The molecule has 0 atom stereocenters. The van der Waals surface area contributed by atoms with Gasteiger partial charge in [0, 0.05) is 18.0 Å². The van der Waals surface area contributed by atoms with Crippen molar-refractivity contribution in [3.63, 3.8) is 0 Å². The van der Waals surface area contributed by atoms with Gasteiger partial charge in [0.15, 0.2) is 0 Å². The Bertz CT molecular complexity index is 715. The van der Waals surface area contributed by atoms with Crippen LogP contribution in [0.15, 0.2) is 36.7 Å². The van der Waals surface area contributed by atoms with Crippen molar-refractivity contribution in [1.29, 1.82) is 0 Å². The molecule has 0 saturated carbocycles. The molecule has 0 unspecified atom stereocenters. The molecular formula is C15H13ClF3N3O. The van der Waals surface area contributed by atoms with E-state index in [1.165, 1.54) is 18.5 Å². The Morgan fingerprint density at radius 1 is 1.13 bits per heavy atom. The molecule has 0 aromatic carbocycles. The average molecular weight is 344 g/mol. The van der Waals surface area contributed by atoms with Crippen molar-refractivity contribution in [2.24, 2.45) is 0 Å². The fourth-order valence-electron chi connectivity index (χ4n) is 1.70. The van der Waals surface area contributed by atoms with Crippen molar-refractivity contribution in [2.45, 2.75) is 25.6 Å². The van der Waals surface area contributed by atoms with E-state index in [1.807, 2.05) is 5.32 Å². The van der Waals surface area contributed by atoms with E-state index in [9.17, 15) is 18.0 Å². The number of rotatable bonds is 3. The quantitative estimate of drug-likeness (QED) is 0.861. The Hall–Kier alpha value is -2.15. The first-order valence-corrected chi connectivity index (χ1v) is 6.95. The van der Waals surface area contributed by atoms with Crippen LogP contribution in [0, 0.1) is 0 Å². The number of nitrogens with zero attached hydrogens (tertiary/aromatic N) is 2. The van der Waals surface area contributed by atoms with Crippen LogP contribution in [0.4, 0.5) is 13.2 Å². The Morgan fingerprint density at radius 3 is 2.35 bits per heavy atom. The van der Waals surface area contributed by atoms with Crippen LogP contribution in [-0.2, 0) is 0 Å². The van der Waals surface area contributed by atoms with Crippen LogP contribution in [0.3, 0.4) is 0 Å². The molecule has 0 bridgehead atoms. The zero-order chi connectivity index (χ0) is 17.3. The summed E-state index contributed by atoms with van der Waals surface area (Å²) >= 11 is 5.79. The van der Waals surface area contributed by atoms with Crippen LogP contribution in [0.25, 0.3) is 11.1 Å². The fourth-order valence-corrected chi connectivity index (χ4v) is 1.87. The van der Waals surface area contributed by atoms with Gasteiger partial charge < -0.3 is 5.32 Å².